The molecule has 4 nitrogen and oxygen atoms in total. The van der Waals surface area contributed by atoms with Gasteiger partial charge < -0.3 is 15.4 Å². The van der Waals surface area contributed by atoms with Gasteiger partial charge in [-0.2, -0.15) is 0 Å². The summed E-state index contributed by atoms with van der Waals surface area (Å²) >= 11 is 0. The van der Waals surface area contributed by atoms with E-state index in [4.69, 9.17) is 4.74 Å². The Morgan fingerprint density at radius 2 is 1.96 bits per heavy atom. The summed E-state index contributed by atoms with van der Waals surface area (Å²) in [6.07, 6.45) is 0. The van der Waals surface area contributed by atoms with E-state index in [2.05, 4.69) is 54.8 Å². The molecule has 0 aromatic heterocycles. The number of amides is 1. The minimum Gasteiger partial charge on any atom is -0.483 e. The van der Waals surface area contributed by atoms with Crippen molar-refractivity contribution in [3.8, 4) is 5.75 Å². The molecule has 2 N–H and O–H groups in total. The van der Waals surface area contributed by atoms with E-state index in [-0.39, 0.29) is 12.5 Å². The van der Waals surface area contributed by atoms with E-state index in [0.29, 0.717) is 12.5 Å². The maximum Gasteiger partial charge on any atom is 0.258 e. The van der Waals surface area contributed by atoms with Crippen LogP contribution in [0, 0.1) is 6.92 Å². The number of ether oxygens (including phenoxy) is 1. The molecule has 1 aliphatic rings. The fourth-order valence-corrected chi connectivity index (χ4v) is 3.10. The molecule has 1 aliphatic heterocycles. The molecule has 3 rings (SSSR count). The molecule has 2 aromatic carbocycles. The Balaban J connectivity index is 1.54. The minimum absolute atomic E-state index is 0.0374. The fourth-order valence-electron chi connectivity index (χ4n) is 3.10. The number of nitrogens with one attached hydrogen (secondary N) is 2. The SMILES string of the molecule is Cc1ccc(C(C)C)c(OCC(=O)NCc2ccc3c(c2)CNC3)c1. The van der Waals surface area contributed by atoms with E-state index >= 15 is 0 Å². The second-order valence-corrected chi connectivity index (χ2v) is 6.97. The number of hydrogen-bond donors (Lipinski definition) is 2. The van der Waals surface area contributed by atoms with Crippen LogP contribution >= 0.6 is 0 Å². The first-order valence-corrected chi connectivity index (χ1v) is 8.84. The smallest absolute Gasteiger partial charge is 0.258 e. The van der Waals surface area contributed by atoms with Gasteiger partial charge in [0.05, 0.1) is 0 Å². The minimum atomic E-state index is -0.102. The molecule has 0 saturated heterocycles. The van der Waals surface area contributed by atoms with Gasteiger partial charge in [0.1, 0.15) is 5.75 Å². The first-order valence-electron chi connectivity index (χ1n) is 8.84. The molecule has 1 amide bonds. The molecular formula is C21H26N2O2. The summed E-state index contributed by atoms with van der Waals surface area (Å²) in [6, 6.07) is 12.5. The van der Waals surface area contributed by atoms with Gasteiger partial charge in [0.25, 0.3) is 5.91 Å². The Bertz CT molecular complexity index is 768. The lowest BCUT2D eigenvalue weighted by atomic mass is 10.0. The van der Waals surface area contributed by atoms with Crippen LogP contribution in [0.1, 0.15) is 47.6 Å². The number of benzene rings is 2. The molecule has 0 unspecified atom stereocenters. The third kappa shape index (κ3) is 4.40. The van der Waals surface area contributed by atoms with Gasteiger partial charge in [-0.05, 0) is 46.7 Å². The van der Waals surface area contributed by atoms with Crippen LogP contribution in [-0.2, 0) is 24.4 Å². The van der Waals surface area contributed by atoms with Crippen LogP contribution in [0.3, 0.4) is 0 Å². The van der Waals surface area contributed by atoms with Crippen molar-refractivity contribution < 1.29 is 9.53 Å². The molecule has 0 saturated carbocycles. The first-order chi connectivity index (χ1) is 12.0. The average molecular weight is 338 g/mol. The van der Waals surface area contributed by atoms with Crippen molar-refractivity contribution >= 4 is 5.91 Å². The van der Waals surface area contributed by atoms with Crippen molar-refractivity contribution in [2.45, 2.75) is 46.3 Å². The topological polar surface area (TPSA) is 50.4 Å². The van der Waals surface area contributed by atoms with Crippen LogP contribution < -0.4 is 15.4 Å². The van der Waals surface area contributed by atoms with Crippen LogP contribution in [0.4, 0.5) is 0 Å². The van der Waals surface area contributed by atoms with Gasteiger partial charge in [-0.1, -0.05) is 44.2 Å². The van der Waals surface area contributed by atoms with Gasteiger partial charge >= 0.3 is 0 Å². The summed E-state index contributed by atoms with van der Waals surface area (Å²) in [7, 11) is 0. The highest BCUT2D eigenvalue weighted by Crippen LogP contribution is 2.27. The van der Waals surface area contributed by atoms with Crippen LogP contribution in [0.5, 0.6) is 5.75 Å². The van der Waals surface area contributed by atoms with E-state index in [9.17, 15) is 4.79 Å². The number of carbonyl (C=O) groups excluding carboxylic acids is 1. The largest absolute Gasteiger partial charge is 0.483 e. The lowest BCUT2D eigenvalue weighted by Gasteiger charge is -2.15. The van der Waals surface area contributed by atoms with E-state index in [1.54, 1.807) is 0 Å². The van der Waals surface area contributed by atoms with Crippen LogP contribution in [-0.4, -0.2) is 12.5 Å². The normalized spacial score (nSPS) is 13.0. The summed E-state index contributed by atoms with van der Waals surface area (Å²) in [4.78, 5) is 12.1. The predicted octanol–water partition coefficient (Wildman–Crippen LogP) is 3.42. The molecule has 2 aromatic rings. The van der Waals surface area contributed by atoms with Crippen LogP contribution in [0.15, 0.2) is 36.4 Å². The summed E-state index contributed by atoms with van der Waals surface area (Å²) in [6.45, 7) is 8.69. The van der Waals surface area contributed by atoms with Crippen LogP contribution in [0.2, 0.25) is 0 Å². The Hall–Kier alpha value is -2.33. The summed E-state index contributed by atoms with van der Waals surface area (Å²) in [5, 5.41) is 6.27. The number of aryl methyl sites for hydroxylation is 1. The van der Waals surface area contributed by atoms with Crippen molar-refractivity contribution in [1.29, 1.82) is 0 Å². The van der Waals surface area contributed by atoms with Gasteiger partial charge in [0.2, 0.25) is 0 Å². The zero-order valence-electron chi connectivity index (χ0n) is 15.2. The molecule has 0 radical (unpaired) electrons. The number of hydrogen-bond acceptors (Lipinski definition) is 3. The van der Waals surface area contributed by atoms with E-state index in [1.807, 2.05) is 13.0 Å². The molecule has 25 heavy (non-hydrogen) atoms. The van der Waals surface area contributed by atoms with E-state index in [0.717, 1.165) is 35.5 Å². The Labute approximate surface area is 149 Å². The van der Waals surface area contributed by atoms with Crippen molar-refractivity contribution in [2.75, 3.05) is 6.61 Å². The second kappa shape index (κ2) is 7.70. The standard InChI is InChI=1S/C21H26N2O2/c1-14(2)19-7-4-15(3)8-20(19)25-13-21(24)23-10-16-5-6-17-11-22-12-18(17)9-16/h4-9,14,22H,10-13H2,1-3H3,(H,23,24). The monoisotopic (exact) mass is 338 g/mol. The summed E-state index contributed by atoms with van der Waals surface area (Å²) < 4.78 is 5.78. The lowest BCUT2D eigenvalue weighted by Crippen LogP contribution is -2.28. The number of carbonyl (C=O) groups is 1. The molecule has 0 fully saturated rings. The fraction of sp³-hybridized carbons (Fsp3) is 0.381. The molecule has 0 bridgehead atoms. The zero-order valence-corrected chi connectivity index (χ0v) is 15.2. The molecule has 4 heteroatoms. The highest BCUT2D eigenvalue weighted by atomic mass is 16.5. The van der Waals surface area contributed by atoms with Crippen molar-refractivity contribution in [1.82, 2.24) is 10.6 Å². The van der Waals surface area contributed by atoms with Crippen molar-refractivity contribution in [2.24, 2.45) is 0 Å². The predicted molar refractivity (Wildman–Crippen MR) is 99.6 cm³/mol. The Morgan fingerprint density at radius 1 is 1.16 bits per heavy atom. The molecular weight excluding hydrogens is 312 g/mol. The van der Waals surface area contributed by atoms with Gasteiger partial charge in [0, 0.05) is 19.6 Å². The number of fused-ring (bicyclic) bond motifs is 1. The van der Waals surface area contributed by atoms with E-state index in [1.165, 1.54) is 11.1 Å². The van der Waals surface area contributed by atoms with Gasteiger partial charge in [0.15, 0.2) is 6.61 Å². The molecule has 132 valence electrons. The maximum absolute atomic E-state index is 12.1. The van der Waals surface area contributed by atoms with E-state index < -0.39 is 0 Å². The van der Waals surface area contributed by atoms with Gasteiger partial charge in [-0.25, -0.2) is 0 Å². The average Bonchev–Trinajstić information content (AvgIpc) is 3.05. The Morgan fingerprint density at radius 3 is 2.76 bits per heavy atom. The highest BCUT2D eigenvalue weighted by Gasteiger charge is 2.12. The van der Waals surface area contributed by atoms with Crippen molar-refractivity contribution in [3.05, 3.63) is 64.2 Å². The molecule has 1 heterocycles. The molecule has 0 aliphatic carbocycles. The quantitative estimate of drug-likeness (QED) is 0.848. The lowest BCUT2D eigenvalue weighted by molar-refractivity contribution is -0.123. The molecule has 0 atom stereocenters. The summed E-state index contributed by atoms with van der Waals surface area (Å²) in [5.74, 6) is 1.06. The third-order valence-electron chi connectivity index (χ3n) is 4.54. The first kappa shape index (κ1) is 17.5. The van der Waals surface area contributed by atoms with Crippen molar-refractivity contribution in [3.63, 3.8) is 0 Å². The van der Waals surface area contributed by atoms with Gasteiger partial charge in [-0.15, -0.1) is 0 Å². The maximum atomic E-state index is 12.1. The number of rotatable bonds is 6. The zero-order chi connectivity index (χ0) is 17.8. The Kier molecular flexibility index (Phi) is 5.39. The second-order valence-electron chi connectivity index (χ2n) is 6.97. The molecule has 0 spiro atoms. The summed E-state index contributed by atoms with van der Waals surface area (Å²) in [5.41, 5.74) is 6.05. The van der Waals surface area contributed by atoms with Gasteiger partial charge in [-0.3, -0.25) is 4.79 Å². The highest BCUT2D eigenvalue weighted by molar-refractivity contribution is 5.77. The van der Waals surface area contributed by atoms with Crippen LogP contribution in [0.25, 0.3) is 0 Å². The third-order valence-corrected chi connectivity index (χ3v) is 4.54.